The van der Waals surface area contributed by atoms with Crippen LogP contribution in [0.25, 0.3) is 66.1 Å². The molecule has 0 saturated carbocycles. The number of rotatable bonds is 3. The SMILES string of the molecule is c1ccc(-n2c3ccccc3c3cc(-c4ccc5c6ccccc6n(-c6ccccc6)c5c4)ccc32)cc1. The average molecular weight is 485 g/mol. The van der Waals surface area contributed by atoms with Crippen molar-refractivity contribution in [1.29, 1.82) is 0 Å². The van der Waals surface area contributed by atoms with Crippen molar-refractivity contribution in [3.63, 3.8) is 0 Å². The molecule has 8 rings (SSSR count). The van der Waals surface area contributed by atoms with E-state index in [1.165, 1.54) is 66.1 Å². The third-order valence-electron chi connectivity index (χ3n) is 7.71. The van der Waals surface area contributed by atoms with Crippen molar-refractivity contribution in [2.75, 3.05) is 0 Å². The first-order valence-electron chi connectivity index (χ1n) is 13.0. The van der Waals surface area contributed by atoms with Gasteiger partial charge in [0.15, 0.2) is 0 Å². The summed E-state index contributed by atoms with van der Waals surface area (Å²) < 4.78 is 4.75. The lowest BCUT2D eigenvalue weighted by Crippen LogP contribution is -1.93. The van der Waals surface area contributed by atoms with E-state index in [4.69, 9.17) is 0 Å². The molecule has 0 saturated heterocycles. The molecule has 0 aliphatic rings. The fourth-order valence-corrected chi connectivity index (χ4v) is 6.01. The molecule has 0 fully saturated rings. The van der Waals surface area contributed by atoms with Crippen LogP contribution >= 0.6 is 0 Å². The molecular weight excluding hydrogens is 460 g/mol. The summed E-state index contributed by atoms with van der Waals surface area (Å²) in [5.74, 6) is 0. The van der Waals surface area contributed by atoms with Gasteiger partial charge in [0, 0.05) is 32.9 Å². The molecule has 2 heteroatoms. The summed E-state index contributed by atoms with van der Waals surface area (Å²) in [6, 6.07) is 52.5. The van der Waals surface area contributed by atoms with Gasteiger partial charge in [0.2, 0.25) is 0 Å². The Morgan fingerprint density at radius 3 is 1.39 bits per heavy atom. The number of hydrogen-bond acceptors (Lipinski definition) is 0. The van der Waals surface area contributed by atoms with Gasteiger partial charge in [-0.25, -0.2) is 0 Å². The van der Waals surface area contributed by atoms with Crippen molar-refractivity contribution in [3.05, 3.63) is 146 Å². The molecule has 0 radical (unpaired) electrons. The minimum atomic E-state index is 1.18. The van der Waals surface area contributed by atoms with E-state index >= 15 is 0 Å². The number of aromatic nitrogens is 2. The van der Waals surface area contributed by atoms with E-state index in [2.05, 4.69) is 155 Å². The Morgan fingerprint density at radius 2 is 0.737 bits per heavy atom. The highest BCUT2D eigenvalue weighted by Gasteiger charge is 2.15. The standard InChI is InChI=1S/C36H24N2/c1-3-11-27(12-4-1)37-34-18-10-8-16-30(34)32-23-25(20-22-35(32)37)26-19-21-31-29-15-7-9-17-33(29)38(36(31)24-26)28-13-5-2-6-14-28/h1-24H. The minimum Gasteiger partial charge on any atom is -0.309 e. The van der Waals surface area contributed by atoms with Crippen LogP contribution in [0.15, 0.2) is 146 Å². The molecule has 8 aromatic rings. The second-order valence-electron chi connectivity index (χ2n) is 9.84. The van der Waals surface area contributed by atoms with Crippen LogP contribution in [0.1, 0.15) is 0 Å². The highest BCUT2D eigenvalue weighted by molar-refractivity contribution is 6.12. The molecule has 2 aromatic heterocycles. The number of fused-ring (bicyclic) bond motifs is 6. The van der Waals surface area contributed by atoms with Crippen molar-refractivity contribution in [3.8, 4) is 22.5 Å². The van der Waals surface area contributed by atoms with E-state index in [0.717, 1.165) is 0 Å². The lowest BCUT2D eigenvalue weighted by atomic mass is 10.0. The molecule has 2 nitrogen and oxygen atoms in total. The summed E-state index contributed by atoms with van der Waals surface area (Å²) in [6.45, 7) is 0. The van der Waals surface area contributed by atoms with Crippen molar-refractivity contribution in [2.45, 2.75) is 0 Å². The van der Waals surface area contributed by atoms with Crippen LogP contribution in [-0.4, -0.2) is 9.13 Å². The summed E-state index contributed by atoms with van der Waals surface area (Å²) in [7, 11) is 0. The molecule has 0 spiro atoms. The van der Waals surface area contributed by atoms with E-state index in [9.17, 15) is 0 Å². The Morgan fingerprint density at radius 1 is 0.289 bits per heavy atom. The van der Waals surface area contributed by atoms with Crippen LogP contribution in [0.3, 0.4) is 0 Å². The summed E-state index contributed by atoms with van der Waals surface area (Å²) in [4.78, 5) is 0. The van der Waals surface area contributed by atoms with Gasteiger partial charge in [-0.15, -0.1) is 0 Å². The minimum absolute atomic E-state index is 1.18. The third-order valence-corrected chi connectivity index (χ3v) is 7.71. The van der Waals surface area contributed by atoms with Crippen LogP contribution in [0.4, 0.5) is 0 Å². The van der Waals surface area contributed by atoms with E-state index in [-0.39, 0.29) is 0 Å². The Balaban J connectivity index is 1.38. The predicted octanol–water partition coefficient (Wildman–Crippen LogP) is 9.55. The van der Waals surface area contributed by atoms with Crippen LogP contribution in [-0.2, 0) is 0 Å². The molecule has 0 atom stereocenters. The molecule has 2 heterocycles. The average Bonchev–Trinajstić information content (AvgIpc) is 3.50. The fourth-order valence-electron chi connectivity index (χ4n) is 6.01. The maximum atomic E-state index is 2.38. The molecular formula is C36H24N2. The first kappa shape index (κ1) is 21.0. The monoisotopic (exact) mass is 484 g/mol. The van der Waals surface area contributed by atoms with Gasteiger partial charge in [-0.1, -0.05) is 91.0 Å². The third kappa shape index (κ3) is 3.07. The smallest absolute Gasteiger partial charge is 0.0547 e. The predicted molar refractivity (Wildman–Crippen MR) is 161 cm³/mol. The number of para-hydroxylation sites is 4. The van der Waals surface area contributed by atoms with Crippen molar-refractivity contribution in [1.82, 2.24) is 9.13 Å². The normalized spacial score (nSPS) is 11.7. The summed E-state index contributed by atoms with van der Waals surface area (Å²) in [6.07, 6.45) is 0. The van der Waals surface area contributed by atoms with Gasteiger partial charge in [0.25, 0.3) is 0 Å². The maximum absolute atomic E-state index is 2.38. The quantitative estimate of drug-likeness (QED) is 0.236. The second-order valence-corrected chi connectivity index (χ2v) is 9.84. The summed E-state index contributed by atoms with van der Waals surface area (Å²) in [5, 5.41) is 5.09. The van der Waals surface area contributed by atoms with Crippen molar-refractivity contribution < 1.29 is 0 Å². The zero-order valence-corrected chi connectivity index (χ0v) is 20.8. The topological polar surface area (TPSA) is 9.86 Å². The van der Waals surface area contributed by atoms with E-state index < -0.39 is 0 Å². The Kier molecular flexibility index (Phi) is 4.55. The van der Waals surface area contributed by atoms with Gasteiger partial charge in [-0.05, 0) is 65.7 Å². The van der Waals surface area contributed by atoms with E-state index in [0.29, 0.717) is 0 Å². The molecule has 0 aliphatic carbocycles. The van der Waals surface area contributed by atoms with Gasteiger partial charge in [-0.2, -0.15) is 0 Å². The molecule has 0 N–H and O–H groups in total. The number of benzene rings is 6. The second kappa shape index (κ2) is 8.22. The highest BCUT2D eigenvalue weighted by atomic mass is 15.0. The van der Waals surface area contributed by atoms with Gasteiger partial charge >= 0.3 is 0 Å². The van der Waals surface area contributed by atoms with E-state index in [1.54, 1.807) is 0 Å². The lowest BCUT2D eigenvalue weighted by molar-refractivity contribution is 1.18. The van der Waals surface area contributed by atoms with Gasteiger partial charge in [-0.3, -0.25) is 0 Å². The summed E-state index contributed by atoms with van der Waals surface area (Å²) in [5.41, 5.74) is 9.70. The molecule has 0 unspecified atom stereocenters. The molecule has 38 heavy (non-hydrogen) atoms. The zero-order valence-electron chi connectivity index (χ0n) is 20.8. The first-order valence-corrected chi connectivity index (χ1v) is 13.0. The van der Waals surface area contributed by atoms with Crippen LogP contribution < -0.4 is 0 Å². The van der Waals surface area contributed by atoms with Crippen molar-refractivity contribution >= 4 is 43.6 Å². The fraction of sp³-hybridized carbons (Fsp3) is 0. The number of nitrogens with zero attached hydrogens (tertiary/aromatic N) is 2. The van der Waals surface area contributed by atoms with Crippen LogP contribution in [0.2, 0.25) is 0 Å². The Labute approximate surface area is 220 Å². The van der Waals surface area contributed by atoms with Gasteiger partial charge in [0.1, 0.15) is 0 Å². The van der Waals surface area contributed by atoms with Crippen LogP contribution in [0.5, 0.6) is 0 Å². The molecule has 0 bridgehead atoms. The largest absolute Gasteiger partial charge is 0.309 e. The van der Waals surface area contributed by atoms with E-state index in [1.807, 2.05) is 0 Å². The zero-order chi connectivity index (χ0) is 25.1. The Bertz CT molecular complexity index is 2110. The lowest BCUT2D eigenvalue weighted by Gasteiger charge is -2.10. The molecule has 0 amide bonds. The Hall–Kier alpha value is -5.08. The number of hydrogen-bond donors (Lipinski definition) is 0. The molecule has 0 aliphatic heterocycles. The summed E-state index contributed by atoms with van der Waals surface area (Å²) >= 11 is 0. The van der Waals surface area contributed by atoms with Gasteiger partial charge < -0.3 is 9.13 Å². The molecule has 6 aromatic carbocycles. The maximum Gasteiger partial charge on any atom is 0.0547 e. The first-order chi connectivity index (χ1) is 18.9. The van der Waals surface area contributed by atoms with Gasteiger partial charge in [0.05, 0.1) is 22.1 Å². The van der Waals surface area contributed by atoms with Crippen LogP contribution in [0, 0.1) is 0 Å². The molecule has 178 valence electrons. The van der Waals surface area contributed by atoms with Crippen molar-refractivity contribution in [2.24, 2.45) is 0 Å². The highest BCUT2D eigenvalue weighted by Crippen LogP contribution is 2.37.